The molecule has 1 rings (SSSR count). The highest BCUT2D eigenvalue weighted by Crippen LogP contribution is 2.03. The van der Waals surface area contributed by atoms with Gasteiger partial charge < -0.3 is 11.1 Å². The van der Waals surface area contributed by atoms with E-state index < -0.39 is 6.04 Å². The zero-order valence-electron chi connectivity index (χ0n) is 9.81. The first-order chi connectivity index (χ1) is 7.59. The number of nitrogens with zero attached hydrogens (tertiary/aromatic N) is 1. The average Bonchev–Trinajstić information content (AvgIpc) is 2.26. The third kappa shape index (κ3) is 4.40. The Kier molecular flexibility index (Phi) is 4.92. The molecule has 0 aliphatic carbocycles. The lowest BCUT2D eigenvalue weighted by Crippen LogP contribution is -2.41. The van der Waals surface area contributed by atoms with Crippen LogP contribution in [0.5, 0.6) is 0 Å². The van der Waals surface area contributed by atoms with Gasteiger partial charge in [0.05, 0.1) is 6.04 Å². The molecule has 0 saturated carbocycles. The van der Waals surface area contributed by atoms with Crippen molar-refractivity contribution in [3.8, 4) is 0 Å². The molecule has 0 aromatic carbocycles. The molecule has 16 heavy (non-hydrogen) atoms. The molecule has 1 aromatic heterocycles. The van der Waals surface area contributed by atoms with E-state index in [1.165, 1.54) is 0 Å². The van der Waals surface area contributed by atoms with Crippen LogP contribution >= 0.6 is 0 Å². The summed E-state index contributed by atoms with van der Waals surface area (Å²) in [6, 6.07) is 3.32. The van der Waals surface area contributed by atoms with E-state index >= 15 is 0 Å². The van der Waals surface area contributed by atoms with Gasteiger partial charge in [0.1, 0.15) is 0 Å². The standard InChI is InChI=1S/C12H19N3O/c1-9(2)7-11(13)12(16)15-8-10-3-5-14-6-4-10/h3-6,9,11H,7-8,13H2,1-2H3,(H,15,16). The van der Waals surface area contributed by atoms with E-state index in [0.29, 0.717) is 18.9 Å². The fraction of sp³-hybridized carbons (Fsp3) is 0.500. The summed E-state index contributed by atoms with van der Waals surface area (Å²) in [4.78, 5) is 15.5. The van der Waals surface area contributed by atoms with E-state index in [1.807, 2.05) is 12.1 Å². The summed E-state index contributed by atoms with van der Waals surface area (Å²) in [5.74, 6) is 0.340. The number of aromatic nitrogens is 1. The Labute approximate surface area is 96.3 Å². The van der Waals surface area contributed by atoms with Gasteiger partial charge in [-0.1, -0.05) is 13.8 Å². The Balaban J connectivity index is 2.35. The van der Waals surface area contributed by atoms with E-state index in [9.17, 15) is 4.79 Å². The van der Waals surface area contributed by atoms with Crippen LogP contribution in [0, 0.1) is 5.92 Å². The van der Waals surface area contributed by atoms with E-state index in [1.54, 1.807) is 12.4 Å². The number of pyridine rings is 1. The molecule has 4 heteroatoms. The second-order valence-corrected chi connectivity index (χ2v) is 4.31. The molecule has 1 unspecified atom stereocenters. The summed E-state index contributed by atoms with van der Waals surface area (Å²) in [6.07, 6.45) is 4.12. The summed E-state index contributed by atoms with van der Waals surface area (Å²) in [5.41, 5.74) is 6.79. The quantitative estimate of drug-likeness (QED) is 0.781. The molecule has 1 heterocycles. The van der Waals surface area contributed by atoms with Crippen molar-refractivity contribution in [1.82, 2.24) is 10.3 Å². The second kappa shape index (κ2) is 6.23. The smallest absolute Gasteiger partial charge is 0.237 e. The molecule has 1 atom stereocenters. The van der Waals surface area contributed by atoms with Gasteiger partial charge in [-0.15, -0.1) is 0 Å². The molecule has 0 bridgehead atoms. The predicted molar refractivity (Wildman–Crippen MR) is 63.5 cm³/mol. The topological polar surface area (TPSA) is 68.0 Å². The zero-order chi connectivity index (χ0) is 12.0. The van der Waals surface area contributed by atoms with E-state index in [-0.39, 0.29) is 5.91 Å². The van der Waals surface area contributed by atoms with Crippen molar-refractivity contribution in [3.63, 3.8) is 0 Å². The number of nitrogens with one attached hydrogen (secondary N) is 1. The largest absolute Gasteiger partial charge is 0.351 e. The van der Waals surface area contributed by atoms with Crippen molar-refractivity contribution in [3.05, 3.63) is 30.1 Å². The van der Waals surface area contributed by atoms with Gasteiger partial charge in [0.2, 0.25) is 5.91 Å². The molecule has 1 amide bonds. The maximum Gasteiger partial charge on any atom is 0.237 e. The maximum atomic E-state index is 11.6. The van der Waals surface area contributed by atoms with Gasteiger partial charge in [0, 0.05) is 18.9 Å². The van der Waals surface area contributed by atoms with Crippen LogP contribution in [0.4, 0.5) is 0 Å². The lowest BCUT2D eigenvalue weighted by molar-refractivity contribution is -0.122. The minimum absolute atomic E-state index is 0.0921. The van der Waals surface area contributed by atoms with E-state index in [4.69, 9.17) is 5.73 Å². The van der Waals surface area contributed by atoms with E-state index in [2.05, 4.69) is 24.1 Å². The first-order valence-electron chi connectivity index (χ1n) is 5.51. The summed E-state index contributed by atoms with van der Waals surface area (Å²) >= 11 is 0. The highest BCUT2D eigenvalue weighted by Gasteiger charge is 2.14. The Morgan fingerprint density at radius 1 is 1.44 bits per heavy atom. The molecule has 0 aliphatic rings. The average molecular weight is 221 g/mol. The Morgan fingerprint density at radius 2 is 2.06 bits per heavy atom. The van der Waals surface area contributed by atoms with Crippen molar-refractivity contribution < 1.29 is 4.79 Å². The van der Waals surface area contributed by atoms with Crippen molar-refractivity contribution in [1.29, 1.82) is 0 Å². The van der Waals surface area contributed by atoms with Crippen molar-refractivity contribution >= 4 is 5.91 Å². The number of amides is 1. The third-order valence-corrected chi connectivity index (χ3v) is 2.28. The monoisotopic (exact) mass is 221 g/mol. The summed E-state index contributed by atoms with van der Waals surface area (Å²) < 4.78 is 0. The fourth-order valence-electron chi connectivity index (χ4n) is 1.44. The van der Waals surface area contributed by atoms with Crippen molar-refractivity contribution in [2.45, 2.75) is 32.9 Å². The highest BCUT2D eigenvalue weighted by molar-refractivity contribution is 5.81. The number of carbonyl (C=O) groups is 1. The van der Waals surface area contributed by atoms with Gasteiger partial charge in [-0.25, -0.2) is 0 Å². The molecule has 4 nitrogen and oxygen atoms in total. The number of hydrogen-bond acceptors (Lipinski definition) is 3. The van der Waals surface area contributed by atoms with Gasteiger partial charge in [-0.2, -0.15) is 0 Å². The van der Waals surface area contributed by atoms with Gasteiger partial charge in [0.15, 0.2) is 0 Å². The van der Waals surface area contributed by atoms with Gasteiger partial charge in [-0.3, -0.25) is 9.78 Å². The van der Waals surface area contributed by atoms with Gasteiger partial charge >= 0.3 is 0 Å². The lowest BCUT2D eigenvalue weighted by Gasteiger charge is -2.13. The van der Waals surface area contributed by atoms with E-state index in [0.717, 1.165) is 5.56 Å². The van der Waals surface area contributed by atoms with Crippen LogP contribution in [0.3, 0.4) is 0 Å². The molecule has 0 saturated heterocycles. The maximum absolute atomic E-state index is 11.6. The molecular formula is C12H19N3O. The lowest BCUT2D eigenvalue weighted by atomic mass is 10.0. The molecule has 3 N–H and O–H groups in total. The van der Waals surface area contributed by atoms with Crippen molar-refractivity contribution in [2.75, 3.05) is 0 Å². The SMILES string of the molecule is CC(C)CC(N)C(=O)NCc1ccncc1. The Morgan fingerprint density at radius 3 is 2.62 bits per heavy atom. The number of carbonyl (C=O) groups excluding carboxylic acids is 1. The molecule has 0 spiro atoms. The van der Waals surface area contributed by atoms with Crippen LogP contribution in [-0.2, 0) is 11.3 Å². The van der Waals surface area contributed by atoms with Crippen LogP contribution in [0.1, 0.15) is 25.8 Å². The van der Waals surface area contributed by atoms with Crippen LogP contribution in [0.25, 0.3) is 0 Å². The van der Waals surface area contributed by atoms with Crippen LogP contribution in [0.15, 0.2) is 24.5 Å². The molecule has 88 valence electrons. The summed E-state index contributed by atoms with van der Waals surface area (Å²) in [6.45, 7) is 4.61. The molecule has 1 aromatic rings. The fourth-order valence-corrected chi connectivity index (χ4v) is 1.44. The van der Waals surface area contributed by atoms with Crippen LogP contribution in [-0.4, -0.2) is 16.9 Å². The molecule has 0 fully saturated rings. The summed E-state index contributed by atoms with van der Waals surface area (Å²) in [7, 11) is 0. The summed E-state index contributed by atoms with van der Waals surface area (Å²) in [5, 5.41) is 2.81. The van der Waals surface area contributed by atoms with Gasteiger partial charge in [-0.05, 0) is 30.0 Å². The molecule has 0 aliphatic heterocycles. The number of hydrogen-bond donors (Lipinski definition) is 2. The van der Waals surface area contributed by atoms with Crippen molar-refractivity contribution in [2.24, 2.45) is 11.7 Å². The normalized spacial score (nSPS) is 12.5. The highest BCUT2D eigenvalue weighted by atomic mass is 16.2. The number of nitrogens with two attached hydrogens (primary N) is 1. The van der Waals surface area contributed by atoms with Gasteiger partial charge in [0.25, 0.3) is 0 Å². The minimum atomic E-state index is -0.415. The Bertz CT molecular complexity index is 324. The zero-order valence-corrected chi connectivity index (χ0v) is 9.81. The first-order valence-corrected chi connectivity index (χ1v) is 5.51. The molecule has 0 radical (unpaired) electrons. The number of rotatable bonds is 5. The Hall–Kier alpha value is -1.42. The van der Waals surface area contributed by atoms with Crippen LogP contribution < -0.4 is 11.1 Å². The predicted octanol–water partition coefficient (Wildman–Crippen LogP) is 1.07. The first kappa shape index (κ1) is 12.6. The molecular weight excluding hydrogens is 202 g/mol. The second-order valence-electron chi connectivity index (χ2n) is 4.31. The van der Waals surface area contributed by atoms with Crippen LogP contribution in [0.2, 0.25) is 0 Å². The minimum Gasteiger partial charge on any atom is -0.351 e. The third-order valence-electron chi connectivity index (χ3n) is 2.28.